The first kappa shape index (κ1) is 10.8. The van der Waals surface area contributed by atoms with E-state index in [2.05, 4.69) is 37.3 Å². The lowest BCUT2D eigenvalue weighted by molar-refractivity contribution is -0.115. The van der Waals surface area contributed by atoms with Gasteiger partial charge in [0.15, 0.2) is 5.78 Å². The molecule has 88 valence electrons. The monoisotopic (exact) mass is 226 g/mol. The van der Waals surface area contributed by atoms with Gasteiger partial charge >= 0.3 is 0 Å². The molecule has 1 heteroatoms. The molecule has 0 amide bonds. The Hall–Kier alpha value is -1.37. The number of fused-ring (bicyclic) bond motifs is 1. The Labute approximate surface area is 103 Å². The van der Waals surface area contributed by atoms with Crippen LogP contribution in [0, 0.1) is 5.41 Å². The van der Waals surface area contributed by atoms with Crippen LogP contribution in [0.3, 0.4) is 0 Å². The molecule has 0 aliphatic heterocycles. The average molecular weight is 226 g/mol. The first-order valence-electron chi connectivity index (χ1n) is 6.55. The molecular weight excluding hydrogens is 208 g/mol. The van der Waals surface area contributed by atoms with Crippen LogP contribution in [0.2, 0.25) is 0 Å². The second kappa shape index (κ2) is 3.83. The molecule has 1 saturated carbocycles. The van der Waals surface area contributed by atoms with Crippen molar-refractivity contribution in [2.75, 3.05) is 0 Å². The van der Waals surface area contributed by atoms with Gasteiger partial charge < -0.3 is 0 Å². The Bertz CT molecular complexity index is 472. The van der Waals surface area contributed by atoms with Crippen molar-refractivity contribution in [3.63, 3.8) is 0 Å². The number of carbonyl (C=O) groups excluding carboxylic acids is 1. The highest BCUT2D eigenvalue weighted by Gasteiger charge is 2.47. The van der Waals surface area contributed by atoms with E-state index in [1.54, 1.807) is 0 Å². The zero-order valence-corrected chi connectivity index (χ0v) is 10.3. The van der Waals surface area contributed by atoms with Crippen molar-refractivity contribution in [1.82, 2.24) is 0 Å². The molecule has 1 aromatic rings. The van der Waals surface area contributed by atoms with Crippen molar-refractivity contribution < 1.29 is 4.79 Å². The lowest BCUT2D eigenvalue weighted by Crippen LogP contribution is -2.16. The first-order chi connectivity index (χ1) is 8.25. The van der Waals surface area contributed by atoms with Crippen molar-refractivity contribution in [3.05, 3.63) is 47.5 Å². The number of ketones is 1. The van der Waals surface area contributed by atoms with Gasteiger partial charge in [0.2, 0.25) is 0 Å². The number of hydrogen-bond donors (Lipinski definition) is 0. The fourth-order valence-corrected chi connectivity index (χ4v) is 3.63. The number of allylic oxidation sites excluding steroid dienone is 2. The fourth-order valence-electron chi connectivity index (χ4n) is 3.63. The largest absolute Gasteiger partial charge is 0.295 e. The molecule has 0 spiro atoms. The maximum Gasteiger partial charge on any atom is 0.156 e. The van der Waals surface area contributed by atoms with Crippen molar-refractivity contribution in [1.29, 1.82) is 0 Å². The van der Waals surface area contributed by atoms with Gasteiger partial charge in [-0.2, -0.15) is 0 Å². The van der Waals surface area contributed by atoms with Gasteiger partial charge in [0.1, 0.15) is 0 Å². The van der Waals surface area contributed by atoms with E-state index in [9.17, 15) is 4.79 Å². The van der Waals surface area contributed by atoms with Crippen LogP contribution in [0.25, 0.3) is 0 Å². The third-order valence-corrected chi connectivity index (χ3v) is 4.61. The van der Waals surface area contributed by atoms with Crippen LogP contribution in [-0.2, 0) is 4.79 Å². The summed E-state index contributed by atoms with van der Waals surface area (Å²) in [5.74, 6) is 0.824. The van der Waals surface area contributed by atoms with Gasteiger partial charge in [0.25, 0.3) is 0 Å². The maximum atomic E-state index is 11.7. The summed E-state index contributed by atoms with van der Waals surface area (Å²) < 4.78 is 0. The zero-order chi connectivity index (χ0) is 11.9. The van der Waals surface area contributed by atoms with E-state index in [0.717, 1.165) is 12.8 Å². The highest BCUT2D eigenvalue weighted by atomic mass is 16.1. The van der Waals surface area contributed by atoms with Gasteiger partial charge in [0.05, 0.1) is 0 Å². The quantitative estimate of drug-likeness (QED) is 0.748. The second-order valence-corrected chi connectivity index (χ2v) is 5.38. The van der Waals surface area contributed by atoms with Gasteiger partial charge in [-0.25, -0.2) is 0 Å². The smallest absolute Gasteiger partial charge is 0.156 e. The predicted molar refractivity (Wildman–Crippen MR) is 68.8 cm³/mol. The highest BCUT2D eigenvalue weighted by Crippen LogP contribution is 2.57. The molecule has 0 bridgehead atoms. The lowest BCUT2D eigenvalue weighted by atomic mass is 9.78. The van der Waals surface area contributed by atoms with E-state index in [1.807, 2.05) is 6.08 Å². The van der Waals surface area contributed by atoms with Crippen LogP contribution < -0.4 is 0 Å². The Morgan fingerprint density at radius 2 is 2.06 bits per heavy atom. The van der Waals surface area contributed by atoms with E-state index in [4.69, 9.17) is 0 Å². The van der Waals surface area contributed by atoms with Crippen LogP contribution in [0.1, 0.15) is 44.1 Å². The summed E-state index contributed by atoms with van der Waals surface area (Å²) in [6, 6.07) is 10.6. The standard InChI is InChI=1S/C16H18O/c1-2-16-9-8-14(12-6-4-3-5-7-12)15(16)10-13(17)11-16/h3-7,10,14H,2,8-9,11H2,1H3/t14-,16-/m1/s1. The van der Waals surface area contributed by atoms with Crippen LogP contribution >= 0.6 is 0 Å². The number of carbonyl (C=O) groups is 1. The Morgan fingerprint density at radius 3 is 2.76 bits per heavy atom. The topological polar surface area (TPSA) is 17.1 Å². The Morgan fingerprint density at radius 1 is 1.29 bits per heavy atom. The summed E-state index contributed by atoms with van der Waals surface area (Å²) in [7, 11) is 0. The van der Waals surface area contributed by atoms with Gasteiger partial charge in [-0.05, 0) is 36.3 Å². The van der Waals surface area contributed by atoms with Crippen LogP contribution in [0.4, 0.5) is 0 Å². The SMILES string of the molecule is CC[C@]12CC[C@H](c3ccccc3)C1=CC(=O)C2. The summed E-state index contributed by atoms with van der Waals surface area (Å²) >= 11 is 0. The van der Waals surface area contributed by atoms with Gasteiger partial charge in [-0.15, -0.1) is 0 Å². The predicted octanol–water partition coefficient (Wildman–Crippen LogP) is 3.86. The van der Waals surface area contributed by atoms with Crippen LogP contribution in [0.15, 0.2) is 42.0 Å². The molecule has 3 rings (SSSR count). The third kappa shape index (κ3) is 1.56. The minimum Gasteiger partial charge on any atom is -0.295 e. The number of hydrogen-bond acceptors (Lipinski definition) is 1. The normalized spacial score (nSPS) is 31.5. The van der Waals surface area contributed by atoms with Gasteiger partial charge in [-0.1, -0.05) is 42.8 Å². The molecule has 0 aromatic heterocycles. The molecule has 1 nitrogen and oxygen atoms in total. The van der Waals surface area contributed by atoms with E-state index in [0.29, 0.717) is 11.7 Å². The number of benzene rings is 1. The van der Waals surface area contributed by atoms with Crippen LogP contribution in [-0.4, -0.2) is 5.78 Å². The van der Waals surface area contributed by atoms with E-state index < -0.39 is 0 Å². The van der Waals surface area contributed by atoms with Crippen molar-refractivity contribution in [3.8, 4) is 0 Å². The summed E-state index contributed by atoms with van der Waals surface area (Å²) in [5, 5.41) is 0. The maximum absolute atomic E-state index is 11.7. The van der Waals surface area contributed by atoms with E-state index in [-0.39, 0.29) is 5.41 Å². The molecule has 0 saturated heterocycles. The fraction of sp³-hybridized carbons (Fsp3) is 0.438. The molecule has 0 unspecified atom stereocenters. The molecule has 1 fully saturated rings. The minimum absolute atomic E-state index is 0.206. The first-order valence-corrected chi connectivity index (χ1v) is 6.55. The van der Waals surface area contributed by atoms with Crippen molar-refractivity contribution >= 4 is 5.78 Å². The van der Waals surface area contributed by atoms with Gasteiger partial charge in [0, 0.05) is 12.3 Å². The second-order valence-electron chi connectivity index (χ2n) is 5.38. The molecule has 2 atom stereocenters. The molecule has 0 radical (unpaired) electrons. The summed E-state index contributed by atoms with van der Waals surface area (Å²) in [4.78, 5) is 11.7. The Kier molecular flexibility index (Phi) is 2.43. The summed E-state index contributed by atoms with van der Waals surface area (Å²) in [5.41, 5.74) is 3.00. The molecule has 0 N–H and O–H groups in total. The molecule has 0 heterocycles. The zero-order valence-electron chi connectivity index (χ0n) is 10.3. The van der Waals surface area contributed by atoms with E-state index in [1.165, 1.54) is 24.0 Å². The molecular formula is C16H18O. The van der Waals surface area contributed by atoms with Crippen molar-refractivity contribution in [2.24, 2.45) is 5.41 Å². The van der Waals surface area contributed by atoms with Crippen molar-refractivity contribution in [2.45, 2.75) is 38.5 Å². The third-order valence-electron chi connectivity index (χ3n) is 4.61. The van der Waals surface area contributed by atoms with Gasteiger partial charge in [-0.3, -0.25) is 4.79 Å². The molecule has 2 aliphatic carbocycles. The summed E-state index contributed by atoms with van der Waals surface area (Å²) in [6.07, 6.45) is 6.18. The molecule has 1 aromatic carbocycles. The lowest BCUT2D eigenvalue weighted by Gasteiger charge is -2.25. The number of rotatable bonds is 2. The highest BCUT2D eigenvalue weighted by molar-refractivity contribution is 5.95. The summed E-state index contributed by atoms with van der Waals surface area (Å²) in [6.45, 7) is 2.22. The minimum atomic E-state index is 0.206. The molecule has 17 heavy (non-hydrogen) atoms. The van der Waals surface area contributed by atoms with Crippen LogP contribution in [0.5, 0.6) is 0 Å². The molecule has 2 aliphatic rings. The Balaban J connectivity index is 2.00. The van der Waals surface area contributed by atoms with E-state index >= 15 is 0 Å². The average Bonchev–Trinajstić information content (AvgIpc) is 2.85.